The van der Waals surface area contributed by atoms with Crippen LogP contribution in [0.15, 0.2) is 35.1 Å². The molecule has 1 aliphatic heterocycles. The van der Waals surface area contributed by atoms with Crippen molar-refractivity contribution in [2.24, 2.45) is 5.73 Å². The Morgan fingerprint density at radius 3 is 2.70 bits per heavy atom. The van der Waals surface area contributed by atoms with E-state index in [9.17, 15) is 19.5 Å². The third-order valence-corrected chi connectivity index (χ3v) is 4.62. The molecule has 4 N–H and O–H groups in total. The van der Waals surface area contributed by atoms with Crippen molar-refractivity contribution in [3.8, 4) is 23.1 Å². The highest BCUT2D eigenvalue weighted by atomic mass is 16.3. The Kier molecular flexibility index (Phi) is 4.60. The van der Waals surface area contributed by atoms with Gasteiger partial charge in [-0.25, -0.2) is 0 Å². The lowest BCUT2D eigenvalue weighted by atomic mass is 10.0. The third-order valence-electron chi connectivity index (χ3n) is 4.62. The lowest BCUT2D eigenvalue weighted by molar-refractivity contribution is -0.137. The number of pyridine rings is 1. The minimum atomic E-state index is -1.68. The molecule has 7 heteroatoms. The molecule has 0 spiro atoms. The zero-order valence-electron chi connectivity index (χ0n) is 15.0. The summed E-state index contributed by atoms with van der Waals surface area (Å²) in [5, 5.41) is 10.4. The van der Waals surface area contributed by atoms with E-state index in [0.717, 1.165) is 0 Å². The van der Waals surface area contributed by atoms with Crippen LogP contribution in [-0.4, -0.2) is 46.0 Å². The van der Waals surface area contributed by atoms with Crippen LogP contribution < -0.4 is 11.2 Å². The van der Waals surface area contributed by atoms with Crippen molar-refractivity contribution >= 4 is 11.8 Å². The highest BCUT2D eigenvalue weighted by Gasteiger charge is 2.42. The molecule has 27 heavy (non-hydrogen) atoms. The molecule has 138 valence electrons. The summed E-state index contributed by atoms with van der Waals surface area (Å²) in [6, 6.07) is 8.29. The number of nitrogens with two attached hydrogens (primary N) is 1. The first-order valence-corrected chi connectivity index (χ1v) is 8.36. The summed E-state index contributed by atoms with van der Waals surface area (Å²) in [5.41, 5.74) is 5.27. The third kappa shape index (κ3) is 3.48. The molecule has 0 radical (unpaired) electrons. The number of primary amides is 1. The highest BCUT2D eigenvalue weighted by molar-refractivity contribution is 5.93. The van der Waals surface area contributed by atoms with Crippen LogP contribution in [0.4, 0.5) is 0 Å². The van der Waals surface area contributed by atoms with E-state index in [1.54, 1.807) is 31.3 Å². The summed E-state index contributed by atoms with van der Waals surface area (Å²) in [6.07, 6.45) is 0.252. The van der Waals surface area contributed by atoms with Crippen molar-refractivity contribution in [3.05, 3.63) is 57.4 Å². The molecule has 7 nitrogen and oxygen atoms in total. The number of carbonyl (C=O) groups is 2. The van der Waals surface area contributed by atoms with Gasteiger partial charge < -0.3 is 20.7 Å². The number of likely N-dealkylation sites (N-methyl/N-ethyl adjacent to an activating group) is 1. The zero-order valence-corrected chi connectivity index (χ0v) is 15.0. The van der Waals surface area contributed by atoms with Crippen LogP contribution in [-0.2, 0) is 4.79 Å². The van der Waals surface area contributed by atoms with Crippen molar-refractivity contribution in [2.75, 3.05) is 13.6 Å². The van der Waals surface area contributed by atoms with E-state index >= 15 is 0 Å². The second-order valence-electron chi connectivity index (χ2n) is 6.58. The van der Waals surface area contributed by atoms with Gasteiger partial charge in [-0.15, -0.1) is 0 Å². The van der Waals surface area contributed by atoms with Crippen molar-refractivity contribution in [3.63, 3.8) is 0 Å². The van der Waals surface area contributed by atoms with Crippen LogP contribution in [0.5, 0.6) is 0 Å². The largest absolute Gasteiger partial charge is 0.369 e. The Morgan fingerprint density at radius 2 is 2.07 bits per heavy atom. The van der Waals surface area contributed by atoms with Gasteiger partial charge in [0.05, 0.1) is 0 Å². The van der Waals surface area contributed by atoms with E-state index in [1.165, 1.54) is 17.9 Å². The van der Waals surface area contributed by atoms with Gasteiger partial charge in [0.25, 0.3) is 11.8 Å². The Bertz CT molecular complexity index is 1060. The van der Waals surface area contributed by atoms with Crippen LogP contribution in [0.1, 0.15) is 28.0 Å². The van der Waals surface area contributed by atoms with Gasteiger partial charge in [0, 0.05) is 42.9 Å². The fourth-order valence-electron chi connectivity index (χ4n) is 2.94. The quantitative estimate of drug-likeness (QED) is 0.668. The van der Waals surface area contributed by atoms with Gasteiger partial charge in [-0.1, -0.05) is 24.0 Å². The minimum Gasteiger partial charge on any atom is -0.369 e. The van der Waals surface area contributed by atoms with Crippen LogP contribution in [0, 0.1) is 18.8 Å². The number of carbonyl (C=O) groups excluding carboxylic acids is 2. The number of likely N-dealkylation sites (tertiary alicyclic amines) is 1. The number of nitrogens with zero attached hydrogens (tertiary/aromatic N) is 1. The average Bonchev–Trinajstić information content (AvgIpc) is 2.90. The second-order valence-corrected chi connectivity index (χ2v) is 6.58. The maximum absolute atomic E-state index is 12.1. The number of rotatable bonds is 2. The van der Waals surface area contributed by atoms with Gasteiger partial charge >= 0.3 is 0 Å². The SMILES string of the molecule is Cc1c(C(N)=O)[nH]c(-c2cccc(C#C[C@]3(O)CCN(C)C3=O)c2)cc1=O. The van der Waals surface area contributed by atoms with Crippen molar-refractivity contribution < 1.29 is 14.7 Å². The van der Waals surface area contributed by atoms with E-state index in [-0.39, 0.29) is 23.1 Å². The van der Waals surface area contributed by atoms with E-state index in [1.807, 2.05) is 0 Å². The topological polar surface area (TPSA) is 116 Å². The summed E-state index contributed by atoms with van der Waals surface area (Å²) < 4.78 is 0. The first kappa shape index (κ1) is 18.4. The summed E-state index contributed by atoms with van der Waals surface area (Å²) in [7, 11) is 1.62. The van der Waals surface area contributed by atoms with E-state index in [0.29, 0.717) is 23.4 Å². The number of hydrogen-bond donors (Lipinski definition) is 3. The molecule has 1 aliphatic rings. The number of aromatic nitrogens is 1. The summed E-state index contributed by atoms with van der Waals surface area (Å²) >= 11 is 0. The molecular weight excluding hydrogens is 346 g/mol. The van der Waals surface area contributed by atoms with Crippen molar-refractivity contribution in [1.82, 2.24) is 9.88 Å². The maximum atomic E-state index is 12.1. The van der Waals surface area contributed by atoms with Gasteiger partial charge in [-0.2, -0.15) is 0 Å². The summed E-state index contributed by atoms with van der Waals surface area (Å²) in [4.78, 5) is 40.0. The Hall–Kier alpha value is -3.37. The van der Waals surface area contributed by atoms with Gasteiger partial charge in [0.15, 0.2) is 5.43 Å². The van der Waals surface area contributed by atoms with Gasteiger partial charge in [-0.3, -0.25) is 14.4 Å². The minimum absolute atomic E-state index is 0.0582. The maximum Gasteiger partial charge on any atom is 0.267 e. The number of hydrogen-bond acceptors (Lipinski definition) is 4. The highest BCUT2D eigenvalue weighted by Crippen LogP contribution is 2.22. The molecule has 3 rings (SSSR count). The molecule has 1 saturated heterocycles. The summed E-state index contributed by atoms with van der Waals surface area (Å²) in [6.45, 7) is 1.98. The smallest absolute Gasteiger partial charge is 0.267 e. The molecular formula is C20H19N3O4. The molecule has 1 aromatic heterocycles. The Labute approximate surface area is 155 Å². The molecule has 1 aromatic carbocycles. The molecule has 2 amide bonds. The van der Waals surface area contributed by atoms with Crippen LogP contribution >= 0.6 is 0 Å². The van der Waals surface area contributed by atoms with Gasteiger partial charge in [-0.05, 0) is 24.6 Å². The number of amides is 2. The number of nitrogens with one attached hydrogen (secondary N) is 1. The van der Waals surface area contributed by atoms with E-state index in [2.05, 4.69) is 16.8 Å². The number of aliphatic hydroxyl groups is 1. The molecule has 2 heterocycles. The average molecular weight is 365 g/mol. The van der Waals surface area contributed by atoms with Gasteiger partial charge in [0.2, 0.25) is 5.60 Å². The Balaban J connectivity index is 1.99. The predicted molar refractivity (Wildman–Crippen MR) is 99.8 cm³/mol. The van der Waals surface area contributed by atoms with Gasteiger partial charge in [0.1, 0.15) is 5.69 Å². The normalized spacial score (nSPS) is 18.9. The summed E-state index contributed by atoms with van der Waals surface area (Å²) in [5.74, 6) is 4.34. The lowest BCUT2D eigenvalue weighted by Gasteiger charge is -2.13. The molecule has 1 atom stereocenters. The van der Waals surface area contributed by atoms with Crippen molar-refractivity contribution in [2.45, 2.75) is 18.9 Å². The molecule has 2 aromatic rings. The number of H-pyrrole nitrogens is 1. The fraction of sp³-hybridized carbons (Fsp3) is 0.250. The Morgan fingerprint density at radius 1 is 1.33 bits per heavy atom. The molecule has 0 unspecified atom stereocenters. The predicted octanol–water partition coefficient (Wildman–Crippen LogP) is 0.394. The van der Waals surface area contributed by atoms with Crippen LogP contribution in [0.25, 0.3) is 11.3 Å². The molecule has 1 fully saturated rings. The molecule has 0 aliphatic carbocycles. The first-order chi connectivity index (χ1) is 12.7. The standard InChI is InChI=1S/C20H19N3O4/c1-12-16(24)11-15(22-17(12)18(21)25)14-5-3-4-13(10-14)6-7-20(27)8-9-23(2)19(20)26/h3-5,10-11,27H,8-9H2,1-2H3,(H2,21,25)(H,22,24)/t20-/m0/s1. The first-order valence-electron chi connectivity index (χ1n) is 8.36. The fourth-order valence-corrected chi connectivity index (χ4v) is 2.94. The van der Waals surface area contributed by atoms with E-state index in [4.69, 9.17) is 5.73 Å². The number of benzene rings is 1. The lowest BCUT2D eigenvalue weighted by Crippen LogP contribution is -2.37. The molecule has 0 bridgehead atoms. The number of aromatic amines is 1. The monoisotopic (exact) mass is 365 g/mol. The van der Waals surface area contributed by atoms with Crippen LogP contribution in [0.3, 0.4) is 0 Å². The van der Waals surface area contributed by atoms with Crippen LogP contribution in [0.2, 0.25) is 0 Å². The van der Waals surface area contributed by atoms with Crippen molar-refractivity contribution in [1.29, 1.82) is 0 Å². The van der Waals surface area contributed by atoms with E-state index < -0.39 is 17.4 Å². The zero-order chi connectivity index (χ0) is 19.8. The molecule has 0 saturated carbocycles. The second kappa shape index (κ2) is 6.74.